The van der Waals surface area contributed by atoms with E-state index in [0.29, 0.717) is 5.56 Å². The Morgan fingerprint density at radius 1 is 1.24 bits per heavy atom. The minimum atomic E-state index is -4.67. The third-order valence-electron chi connectivity index (χ3n) is 2.49. The molecule has 9 heteroatoms. The van der Waals surface area contributed by atoms with Gasteiger partial charge in [-0.25, -0.2) is 8.42 Å². The highest BCUT2D eigenvalue weighted by atomic mass is 32.2. The predicted octanol–water partition coefficient (Wildman–Crippen LogP) is 1.63. The van der Waals surface area contributed by atoms with Gasteiger partial charge in [0.2, 0.25) is 0 Å². The minimum Gasteiger partial charge on any atom is -0.480 e. The first-order valence-corrected chi connectivity index (χ1v) is 7.46. The monoisotopic (exact) mass is 326 g/mol. The van der Waals surface area contributed by atoms with Gasteiger partial charge in [0.05, 0.1) is 0 Å². The van der Waals surface area contributed by atoms with E-state index >= 15 is 0 Å². The second-order valence-electron chi connectivity index (χ2n) is 4.26. The number of halogens is 3. The molecule has 118 valence electrons. The predicted molar refractivity (Wildman–Crippen MR) is 67.4 cm³/mol. The molecule has 0 fully saturated rings. The smallest absolute Gasteiger partial charge is 0.411 e. The molecule has 21 heavy (non-hydrogen) atoms. The maximum atomic E-state index is 11.9. The van der Waals surface area contributed by atoms with E-state index in [0.717, 1.165) is 0 Å². The van der Waals surface area contributed by atoms with Crippen molar-refractivity contribution < 1.29 is 36.2 Å². The Hall–Kier alpha value is -1.61. The molecule has 0 saturated carbocycles. The van der Waals surface area contributed by atoms with Gasteiger partial charge in [0.1, 0.15) is 12.5 Å². The van der Waals surface area contributed by atoms with Crippen LogP contribution < -0.4 is 0 Å². The topological polar surface area (TPSA) is 80.7 Å². The second-order valence-corrected chi connectivity index (χ2v) is 6.39. The summed E-state index contributed by atoms with van der Waals surface area (Å²) < 4.78 is 63.3. The fraction of sp³-hybridized carbons (Fsp3) is 0.417. The lowest BCUT2D eigenvalue weighted by Gasteiger charge is -2.14. The molecule has 1 unspecified atom stereocenters. The van der Waals surface area contributed by atoms with E-state index in [4.69, 9.17) is 5.11 Å². The van der Waals surface area contributed by atoms with Crippen LogP contribution in [-0.4, -0.2) is 43.5 Å². The molecule has 1 rings (SSSR count). The molecule has 0 radical (unpaired) electrons. The number of benzene rings is 1. The first kappa shape index (κ1) is 17.4. The number of ether oxygens (including phenoxy) is 1. The molecular weight excluding hydrogens is 313 g/mol. The quantitative estimate of drug-likeness (QED) is 0.824. The van der Waals surface area contributed by atoms with Gasteiger partial charge in [-0.1, -0.05) is 30.3 Å². The number of aliphatic carboxylic acids is 1. The van der Waals surface area contributed by atoms with Crippen LogP contribution >= 0.6 is 0 Å². The number of carbonyl (C=O) groups is 1. The molecule has 0 aliphatic rings. The first-order valence-electron chi connectivity index (χ1n) is 5.74. The van der Waals surface area contributed by atoms with Gasteiger partial charge < -0.3 is 9.84 Å². The number of hydrogen-bond acceptors (Lipinski definition) is 4. The van der Waals surface area contributed by atoms with Crippen molar-refractivity contribution in [3.05, 3.63) is 35.9 Å². The summed E-state index contributed by atoms with van der Waals surface area (Å²) in [6, 6.07) is 7.92. The molecule has 0 heterocycles. The Morgan fingerprint density at radius 2 is 1.81 bits per heavy atom. The van der Waals surface area contributed by atoms with E-state index in [1.165, 1.54) is 12.1 Å². The van der Waals surface area contributed by atoms with Gasteiger partial charge in [-0.3, -0.25) is 4.79 Å². The second kappa shape index (κ2) is 6.90. The summed E-state index contributed by atoms with van der Waals surface area (Å²) in [6.45, 7) is -1.75. The van der Waals surface area contributed by atoms with Crippen molar-refractivity contribution in [3.63, 3.8) is 0 Å². The zero-order valence-corrected chi connectivity index (χ0v) is 11.5. The number of rotatable bonds is 7. The number of sulfone groups is 1. The Bertz CT molecular complexity index is 568. The molecule has 1 aromatic carbocycles. The summed E-state index contributed by atoms with van der Waals surface area (Å²) in [4.78, 5) is 11.1. The Kier molecular flexibility index (Phi) is 5.73. The van der Waals surface area contributed by atoms with Crippen LogP contribution in [0.3, 0.4) is 0 Å². The molecule has 0 aliphatic heterocycles. The van der Waals surface area contributed by atoms with Crippen molar-refractivity contribution in [2.75, 3.05) is 12.5 Å². The van der Waals surface area contributed by atoms with Crippen molar-refractivity contribution in [1.29, 1.82) is 0 Å². The van der Waals surface area contributed by atoms with Gasteiger partial charge in [0, 0.05) is 0 Å². The Morgan fingerprint density at radius 3 is 2.29 bits per heavy atom. The fourth-order valence-electron chi connectivity index (χ4n) is 1.55. The van der Waals surface area contributed by atoms with Crippen LogP contribution in [0, 0.1) is 0 Å². The van der Waals surface area contributed by atoms with E-state index in [1.54, 1.807) is 18.2 Å². The molecule has 1 atom stereocenters. The van der Waals surface area contributed by atoms with Gasteiger partial charge in [-0.15, -0.1) is 0 Å². The molecule has 0 aromatic heterocycles. The van der Waals surface area contributed by atoms with Crippen LogP contribution in [-0.2, 0) is 25.8 Å². The molecule has 0 bridgehead atoms. The van der Waals surface area contributed by atoms with Crippen LogP contribution in [0.25, 0.3) is 0 Å². The summed E-state index contributed by atoms with van der Waals surface area (Å²) in [5, 5.41) is 7.12. The standard InChI is InChI=1S/C12H13F3O5S/c13-12(14,15)7-20-8-21(18,19)10(11(16)17)6-9-4-2-1-3-5-9/h1-5,10H,6-8H2,(H,16,17). The summed E-state index contributed by atoms with van der Waals surface area (Å²) in [5.41, 5.74) is 0.448. The van der Waals surface area contributed by atoms with E-state index < -0.39 is 39.8 Å². The summed E-state index contributed by atoms with van der Waals surface area (Å²) in [5.74, 6) is -2.93. The molecule has 0 saturated heterocycles. The van der Waals surface area contributed by atoms with Crippen LogP contribution in [0.15, 0.2) is 30.3 Å². The average Bonchev–Trinajstić information content (AvgIpc) is 2.34. The molecule has 1 aromatic rings. The number of carboxylic acid groups (broad SMARTS) is 1. The average molecular weight is 326 g/mol. The normalized spacial score (nSPS) is 13.9. The van der Waals surface area contributed by atoms with Crippen molar-refractivity contribution >= 4 is 15.8 Å². The molecule has 1 N–H and O–H groups in total. The van der Waals surface area contributed by atoms with Crippen LogP contribution in [0.1, 0.15) is 5.56 Å². The summed E-state index contributed by atoms with van der Waals surface area (Å²) >= 11 is 0. The lowest BCUT2D eigenvalue weighted by atomic mass is 10.1. The molecule has 0 amide bonds. The maximum Gasteiger partial charge on any atom is 0.411 e. The van der Waals surface area contributed by atoms with Crippen LogP contribution in [0.4, 0.5) is 13.2 Å². The van der Waals surface area contributed by atoms with Gasteiger partial charge in [-0.2, -0.15) is 13.2 Å². The lowest BCUT2D eigenvalue weighted by Crippen LogP contribution is -2.35. The van der Waals surface area contributed by atoms with Crippen LogP contribution in [0.2, 0.25) is 0 Å². The zero-order valence-electron chi connectivity index (χ0n) is 10.7. The largest absolute Gasteiger partial charge is 0.480 e. The highest BCUT2D eigenvalue weighted by molar-refractivity contribution is 7.92. The molecule has 0 aliphatic carbocycles. The van der Waals surface area contributed by atoms with Crippen LogP contribution in [0.5, 0.6) is 0 Å². The van der Waals surface area contributed by atoms with Gasteiger partial charge in [0.25, 0.3) is 0 Å². The minimum absolute atomic E-state index is 0.339. The molecule has 5 nitrogen and oxygen atoms in total. The SMILES string of the molecule is O=C(O)C(Cc1ccccc1)S(=O)(=O)COCC(F)(F)F. The highest BCUT2D eigenvalue weighted by Crippen LogP contribution is 2.17. The Balaban J connectivity index is 2.77. The van der Waals surface area contributed by atoms with E-state index in [2.05, 4.69) is 4.74 Å². The lowest BCUT2D eigenvalue weighted by molar-refractivity contribution is -0.169. The van der Waals surface area contributed by atoms with E-state index in [9.17, 15) is 26.4 Å². The summed E-state index contributed by atoms with van der Waals surface area (Å²) in [6.07, 6.45) is -5.01. The van der Waals surface area contributed by atoms with E-state index in [1.807, 2.05) is 0 Å². The number of carboxylic acids is 1. The molecule has 0 spiro atoms. The maximum absolute atomic E-state index is 11.9. The fourth-order valence-corrected chi connectivity index (χ4v) is 2.79. The van der Waals surface area contributed by atoms with Crippen molar-refractivity contribution in [3.8, 4) is 0 Å². The number of hydrogen-bond donors (Lipinski definition) is 1. The Labute approximate surface area is 119 Å². The third kappa shape index (κ3) is 6.13. The zero-order chi connectivity index (χ0) is 16.1. The summed E-state index contributed by atoms with van der Waals surface area (Å²) in [7, 11) is -4.36. The number of alkyl halides is 3. The third-order valence-corrected chi connectivity index (χ3v) is 4.22. The highest BCUT2D eigenvalue weighted by Gasteiger charge is 2.35. The van der Waals surface area contributed by atoms with Crippen molar-refractivity contribution in [1.82, 2.24) is 0 Å². The van der Waals surface area contributed by atoms with Gasteiger partial charge >= 0.3 is 12.1 Å². The van der Waals surface area contributed by atoms with Crippen molar-refractivity contribution in [2.24, 2.45) is 0 Å². The van der Waals surface area contributed by atoms with Gasteiger partial charge in [-0.05, 0) is 12.0 Å². The van der Waals surface area contributed by atoms with Gasteiger partial charge in [0.15, 0.2) is 15.1 Å². The van der Waals surface area contributed by atoms with E-state index in [-0.39, 0.29) is 6.42 Å². The first-order chi connectivity index (χ1) is 9.62. The van der Waals surface area contributed by atoms with Crippen molar-refractivity contribution in [2.45, 2.75) is 17.8 Å². The molecular formula is C12H13F3O5S.